The summed E-state index contributed by atoms with van der Waals surface area (Å²) in [6.07, 6.45) is 0. The third kappa shape index (κ3) is 2.19. The van der Waals surface area contributed by atoms with Crippen LogP contribution in [0, 0.1) is 6.92 Å². The van der Waals surface area contributed by atoms with Crippen LogP contribution in [0.4, 0.5) is 0 Å². The fraction of sp³-hybridized carbons (Fsp3) is 0.0833. The Morgan fingerprint density at radius 1 is 1.33 bits per heavy atom. The van der Waals surface area contributed by atoms with Crippen LogP contribution in [0.3, 0.4) is 0 Å². The Kier molecular flexibility index (Phi) is 3.03. The molecule has 1 nitrogen and oxygen atoms in total. The summed E-state index contributed by atoms with van der Waals surface area (Å²) in [7, 11) is 0. The molecule has 0 bridgehead atoms. The van der Waals surface area contributed by atoms with Crippen molar-refractivity contribution >= 4 is 33.0 Å². The molecule has 1 aromatic carbocycles. The summed E-state index contributed by atoms with van der Waals surface area (Å²) in [5.41, 5.74) is 2.54. The number of hydrogen-bond donors (Lipinski definition) is 0. The molecule has 0 aliphatic carbocycles. The molecule has 0 saturated carbocycles. The van der Waals surface area contributed by atoms with Gasteiger partial charge in [0.1, 0.15) is 0 Å². The molecule has 2 rings (SSSR count). The first kappa shape index (κ1) is 10.6. The van der Waals surface area contributed by atoms with Gasteiger partial charge in [-0.1, -0.05) is 15.9 Å². The number of carbonyl (C=O) groups is 1. The van der Waals surface area contributed by atoms with Crippen LogP contribution in [0.25, 0.3) is 0 Å². The van der Waals surface area contributed by atoms with Crippen molar-refractivity contribution in [2.24, 2.45) is 0 Å². The van der Waals surface area contributed by atoms with Crippen molar-refractivity contribution in [3.63, 3.8) is 0 Å². The Morgan fingerprint density at radius 3 is 2.73 bits per heavy atom. The SMILES string of the molecule is Cc1cc(Br)ccc1C(=O)c1ccsc1. The van der Waals surface area contributed by atoms with Crippen LogP contribution in [-0.4, -0.2) is 5.78 Å². The van der Waals surface area contributed by atoms with Gasteiger partial charge in [0.2, 0.25) is 0 Å². The second kappa shape index (κ2) is 4.29. The summed E-state index contributed by atoms with van der Waals surface area (Å²) in [6.45, 7) is 1.95. The quantitative estimate of drug-likeness (QED) is 0.759. The second-order valence-corrected chi connectivity index (χ2v) is 5.00. The first-order valence-electron chi connectivity index (χ1n) is 4.51. The molecular weight excluding hydrogens is 272 g/mol. The van der Waals surface area contributed by atoms with E-state index in [0.29, 0.717) is 0 Å². The van der Waals surface area contributed by atoms with E-state index in [1.54, 1.807) is 11.3 Å². The van der Waals surface area contributed by atoms with Gasteiger partial charge in [-0.25, -0.2) is 0 Å². The summed E-state index contributed by atoms with van der Waals surface area (Å²) in [5, 5.41) is 3.80. The molecule has 0 N–H and O–H groups in total. The van der Waals surface area contributed by atoms with E-state index < -0.39 is 0 Å². The van der Waals surface area contributed by atoms with Crippen LogP contribution >= 0.6 is 27.3 Å². The molecule has 0 unspecified atom stereocenters. The van der Waals surface area contributed by atoms with E-state index >= 15 is 0 Å². The van der Waals surface area contributed by atoms with Crippen molar-refractivity contribution < 1.29 is 4.79 Å². The maximum Gasteiger partial charge on any atom is 0.194 e. The number of rotatable bonds is 2. The van der Waals surface area contributed by atoms with Gasteiger partial charge in [0.15, 0.2) is 5.78 Å². The monoisotopic (exact) mass is 280 g/mol. The zero-order valence-electron chi connectivity index (χ0n) is 8.16. The van der Waals surface area contributed by atoms with E-state index in [0.717, 1.165) is 21.2 Å². The highest BCUT2D eigenvalue weighted by Crippen LogP contribution is 2.19. The minimum Gasteiger partial charge on any atom is -0.289 e. The Hall–Kier alpha value is -0.930. The molecule has 0 aliphatic heterocycles. The van der Waals surface area contributed by atoms with E-state index in [4.69, 9.17) is 0 Å². The van der Waals surface area contributed by atoms with Crippen molar-refractivity contribution in [1.29, 1.82) is 0 Å². The smallest absolute Gasteiger partial charge is 0.194 e. The highest BCUT2D eigenvalue weighted by atomic mass is 79.9. The molecule has 15 heavy (non-hydrogen) atoms. The number of thiophene rings is 1. The molecule has 76 valence electrons. The largest absolute Gasteiger partial charge is 0.289 e. The third-order valence-electron chi connectivity index (χ3n) is 2.22. The number of ketones is 1. The average Bonchev–Trinajstić information content (AvgIpc) is 2.69. The Labute approximate surface area is 101 Å². The molecule has 0 aliphatic rings. The molecule has 0 saturated heterocycles. The normalized spacial score (nSPS) is 10.3. The van der Waals surface area contributed by atoms with Crippen LogP contribution in [0.15, 0.2) is 39.5 Å². The Morgan fingerprint density at radius 2 is 2.13 bits per heavy atom. The first-order chi connectivity index (χ1) is 7.18. The van der Waals surface area contributed by atoms with Gasteiger partial charge in [-0.05, 0) is 42.1 Å². The van der Waals surface area contributed by atoms with Gasteiger partial charge in [-0.15, -0.1) is 0 Å². The molecular formula is C12H9BrOS. The second-order valence-electron chi connectivity index (χ2n) is 3.30. The fourth-order valence-corrected chi connectivity index (χ4v) is 2.54. The summed E-state index contributed by atoms with van der Waals surface area (Å²) >= 11 is 4.93. The lowest BCUT2D eigenvalue weighted by molar-refractivity contribution is 0.103. The zero-order valence-corrected chi connectivity index (χ0v) is 10.6. The number of halogens is 1. The van der Waals surface area contributed by atoms with Gasteiger partial charge >= 0.3 is 0 Å². The molecule has 0 radical (unpaired) electrons. The Bertz CT molecular complexity index is 488. The summed E-state index contributed by atoms with van der Waals surface area (Å²) in [5.74, 6) is 0.0984. The third-order valence-corrected chi connectivity index (χ3v) is 3.39. The summed E-state index contributed by atoms with van der Waals surface area (Å²) in [4.78, 5) is 12.0. The Balaban J connectivity index is 2.42. The highest BCUT2D eigenvalue weighted by molar-refractivity contribution is 9.10. The van der Waals surface area contributed by atoms with E-state index in [-0.39, 0.29) is 5.78 Å². The van der Waals surface area contributed by atoms with E-state index in [1.807, 2.05) is 41.9 Å². The van der Waals surface area contributed by atoms with Crippen LogP contribution in [0.1, 0.15) is 21.5 Å². The summed E-state index contributed by atoms with van der Waals surface area (Å²) in [6, 6.07) is 7.57. The molecule has 1 heterocycles. The molecule has 0 amide bonds. The molecule has 0 spiro atoms. The van der Waals surface area contributed by atoms with Crippen molar-refractivity contribution in [1.82, 2.24) is 0 Å². The zero-order chi connectivity index (χ0) is 10.8. The molecule has 1 aromatic heterocycles. The van der Waals surface area contributed by atoms with Crippen LogP contribution in [-0.2, 0) is 0 Å². The van der Waals surface area contributed by atoms with E-state index in [9.17, 15) is 4.79 Å². The number of carbonyl (C=O) groups excluding carboxylic acids is 1. The van der Waals surface area contributed by atoms with Crippen molar-refractivity contribution in [3.05, 3.63) is 56.2 Å². The number of benzene rings is 1. The van der Waals surface area contributed by atoms with Gasteiger partial charge in [-0.2, -0.15) is 11.3 Å². The first-order valence-corrected chi connectivity index (χ1v) is 6.25. The van der Waals surface area contributed by atoms with Gasteiger partial charge in [-0.3, -0.25) is 4.79 Å². The predicted octanol–water partition coefficient (Wildman–Crippen LogP) is 4.05. The maximum atomic E-state index is 12.0. The minimum atomic E-state index is 0.0984. The standard InChI is InChI=1S/C12H9BrOS/c1-8-6-10(13)2-3-11(8)12(14)9-4-5-15-7-9/h2-7H,1H3. The molecule has 0 fully saturated rings. The fourth-order valence-electron chi connectivity index (χ4n) is 1.43. The maximum absolute atomic E-state index is 12.0. The lowest BCUT2D eigenvalue weighted by Crippen LogP contribution is -2.01. The van der Waals surface area contributed by atoms with Crippen molar-refractivity contribution in [2.45, 2.75) is 6.92 Å². The summed E-state index contributed by atoms with van der Waals surface area (Å²) < 4.78 is 1.00. The van der Waals surface area contributed by atoms with Gasteiger partial charge in [0.25, 0.3) is 0 Å². The lowest BCUT2D eigenvalue weighted by atomic mass is 10.0. The highest BCUT2D eigenvalue weighted by Gasteiger charge is 2.11. The van der Waals surface area contributed by atoms with Crippen LogP contribution < -0.4 is 0 Å². The minimum absolute atomic E-state index is 0.0984. The van der Waals surface area contributed by atoms with E-state index in [1.165, 1.54) is 0 Å². The van der Waals surface area contributed by atoms with Crippen LogP contribution in [0.2, 0.25) is 0 Å². The van der Waals surface area contributed by atoms with Crippen LogP contribution in [0.5, 0.6) is 0 Å². The number of aryl methyl sites for hydroxylation is 1. The van der Waals surface area contributed by atoms with Crippen molar-refractivity contribution in [2.75, 3.05) is 0 Å². The molecule has 0 atom stereocenters. The molecule has 3 heteroatoms. The predicted molar refractivity (Wildman–Crippen MR) is 66.6 cm³/mol. The van der Waals surface area contributed by atoms with Gasteiger partial charge in [0, 0.05) is 21.0 Å². The topological polar surface area (TPSA) is 17.1 Å². The van der Waals surface area contributed by atoms with E-state index in [2.05, 4.69) is 15.9 Å². The van der Waals surface area contributed by atoms with Gasteiger partial charge < -0.3 is 0 Å². The number of hydrogen-bond acceptors (Lipinski definition) is 2. The van der Waals surface area contributed by atoms with Crippen molar-refractivity contribution in [3.8, 4) is 0 Å². The van der Waals surface area contributed by atoms with Gasteiger partial charge in [0.05, 0.1) is 0 Å². The average molecular weight is 281 g/mol. The lowest BCUT2D eigenvalue weighted by Gasteiger charge is -2.03. The molecule has 2 aromatic rings.